The van der Waals surface area contributed by atoms with E-state index in [0.29, 0.717) is 6.54 Å². The molecule has 1 heterocycles. The summed E-state index contributed by atoms with van der Waals surface area (Å²) in [6.07, 6.45) is 4.57. The van der Waals surface area contributed by atoms with E-state index in [4.69, 9.17) is 4.74 Å². The molecule has 0 amide bonds. The number of nitrogens with zero attached hydrogens (tertiary/aromatic N) is 3. The Bertz CT molecular complexity index is 880. The molecule has 0 spiro atoms. The normalized spacial score (nSPS) is 10.9. The van der Waals surface area contributed by atoms with Gasteiger partial charge >= 0.3 is 0 Å². The molecule has 0 atom stereocenters. The Labute approximate surface area is 183 Å². The highest BCUT2D eigenvalue weighted by Crippen LogP contribution is 2.17. The SMILES string of the molecule is CN=C(NCCc1ccccc1OC)NCc1cccc(-n2cccn2)c1.I. The van der Waals surface area contributed by atoms with E-state index in [1.807, 2.05) is 47.3 Å². The molecule has 0 bridgehead atoms. The fourth-order valence-electron chi connectivity index (χ4n) is 2.86. The zero-order valence-corrected chi connectivity index (χ0v) is 18.5. The maximum absolute atomic E-state index is 5.40. The molecule has 3 aromatic rings. The molecule has 0 aliphatic heterocycles. The summed E-state index contributed by atoms with van der Waals surface area (Å²) >= 11 is 0. The summed E-state index contributed by atoms with van der Waals surface area (Å²) in [5, 5.41) is 11.0. The minimum absolute atomic E-state index is 0. The number of hydrogen-bond acceptors (Lipinski definition) is 3. The Morgan fingerprint density at radius 2 is 1.96 bits per heavy atom. The fourth-order valence-corrected chi connectivity index (χ4v) is 2.86. The van der Waals surface area contributed by atoms with Gasteiger partial charge in [-0.3, -0.25) is 4.99 Å². The van der Waals surface area contributed by atoms with Gasteiger partial charge in [0.15, 0.2) is 5.96 Å². The van der Waals surface area contributed by atoms with Gasteiger partial charge in [0.05, 0.1) is 12.8 Å². The van der Waals surface area contributed by atoms with E-state index in [1.165, 1.54) is 5.56 Å². The highest BCUT2D eigenvalue weighted by molar-refractivity contribution is 14.0. The van der Waals surface area contributed by atoms with E-state index >= 15 is 0 Å². The van der Waals surface area contributed by atoms with E-state index in [9.17, 15) is 0 Å². The first kappa shape index (κ1) is 21.7. The number of halogens is 1. The summed E-state index contributed by atoms with van der Waals surface area (Å²) < 4.78 is 7.25. The summed E-state index contributed by atoms with van der Waals surface area (Å²) in [6.45, 7) is 1.46. The van der Waals surface area contributed by atoms with Gasteiger partial charge in [-0.1, -0.05) is 30.3 Å². The quantitative estimate of drug-likeness (QED) is 0.302. The molecule has 0 aliphatic carbocycles. The highest BCUT2D eigenvalue weighted by Gasteiger charge is 2.04. The van der Waals surface area contributed by atoms with Crippen molar-refractivity contribution in [2.24, 2.45) is 4.99 Å². The number of methoxy groups -OCH3 is 1. The van der Waals surface area contributed by atoms with Gasteiger partial charge in [-0.05, 0) is 41.8 Å². The zero-order valence-electron chi connectivity index (χ0n) is 16.1. The molecule has 0 fully saturated rings. The van der Waals surface area contributed by atoms with Crippen molar-refractivity contribution in [2.75, 3.05) is 20.7 Å². The first-order valence-electron chi connectivity index (χ1n) is 8.95. The lowest BCUT2D eigenvalue weighted by Gasteiger charge is -2.13. The molecule has 0 unspecified atom stereocenters. The van der Waals surface area contributed by atoms with Crippen molar-refractivity contribution in [2.45, 2.75) is 13.0 Å². The Balaban J connectivity index is 0.00000280. The third-order valence-corrected chi connectivity index (χ3v) is 4.24. The molecule has 0 aliphatic rings. The molecule has 2 N–H and O–H groups in total. The lowest BCUT2D eigenvalue weighted by Crippen LogP contribution is -2.37. The van der Waals surface area contributed by atoms with Gasteiger partial charge in [0.1, 0.15) is 5.75 Å². The van der Waals surface area contributed by atoms with Gasteiger partial charge < -0.3 is 15.4 Å². The van der Waals surface area contributed by atoms with Crippen molar-refractivity contribution in [1.82, 2.24) is 20.4 Å². The summed E-state index contributed by atoms with van der Waals surface area (Å²) in [6, 6.07) is 18.3. The van der Waals surface area contributed by atoms with Crippen LogP contribution < -0.4 is 15.4 Å². The van der Waals surface area contributed by atoms with Crippen LogP contribution in [0.4, 0.5) is 0 Å². The number of aliphatic imine (C=N–C) groups is 1. The number of hydrogen-bond donors (Lipinski definition) is 2. The Morgan fingerprint density at radius 3 is 2.71 bits per heavy atom. The van der Waals surface area contributed by atoms with Crippen LogP contribution in [-0.4, -0.2) is 36.4 Å². The topological polar surface area (TPSA) is 63.5 Å². The van der Waals surface area contributed by atoms with E-state index in [0.717, 1.165) is 35.9 Å². The van der Waals surface area contributed by atoms with Crippen LogP contribution in [0.3, 0.4) is 0 Å². The van der Waals surface area contributed by atoms with Crippen LogP contribution in [0.5, 0.6) is 5.75 Å². The Morgan fingerprint density at radius 1 is 1.11 bits per heavy atom. The van der Waals surface area contributed by atoms with Crippen molar-refractivity contribution in [3.63, 3.8) is 0 Å². The third kappa shape index (κ3) is 5.98. The van der Waals surface area contributed by atoms with E-state index in [1.54, 1.807) is 20.4 Å². The number of para-hydroxylation sites is 1. The number of ether oxygens (including phenoxy) is 1. The summed E-state index contributed by atoms with van der Waals surface area (Å²) in [7, 11) is 3.47. The smallest absolute Gasteiger partial charge is 0.191 e. The number of aromatic nitrogens is 2. The Kier molecular flexibility index (Phi) is 8.80. The molecule has 6 nitrogen and oxygen atoms in total. The van der Waals surface area contributed by atoms with Crippen LogP contribution in [-0.2, 0) is 13.0 Å². The minimum atomic E-state index is 0. The standard InChI is InChI=1S/C21H25N5O.HI/c1-22-21(23-13-11-18-8-3-4-10-20(18)27-2)24-16-17-7-5-9-19(15-17)26-14-6-12-25-26;/h3-10,12,14-15H,11,13,16H2,1-2H3,(H2,22,23,24);1H. The number of benzene rings is 2. The second-order valence-corrected chi connectivity index (χ2v) is 6.03. The number of rotatable bonds is 7. The lowest BCUT2D eigenvalue weighted by molar-refractivity contribution is 0.409. The summed E-state index contributed by atoms with van der Waals surface area (Å²) in [5.74, 6) is 1.69. The van der Waals surface area contributed by atoms with Crippen LogP contribution in [0.25, 0.3) is 5.69 Å². The van der Waals surface area contributed by atoms with Gasteiger partial charge in [-0.2, -0.15) is 5.10 Å². The lowest BCUT2D eigenvalue weighted by atomic mass is 10.1. The maximum Gasteiger partial charge on any atom is 0.191 e. The molecule has 7 heteroatoms. The van der Waals surface area contributed by atoms with E-state index in [-0.39, 0.29) is 24.0 Å². The van der Waals surface area contributed by atoms with Gasteiger partial charge in [0.2, 0.25) is 0 Å². The average molecular weight is 491 g/mol. The number of guanidine groups is 1. The molecular formula is C21H26IN5O. The molecule has 0 saturated heterocycles. The van der Waals surface area contributed by atoms with Crippen molar-refractivity contribution in [1.29, 1.82) is 0 Å². The van der Waals surface area contributed by atoms with Crippen molar-refractivity contribution < 1.29 is 4.74 Å². The van der Waals surface area contributed by atoms with Crippen molar-refractivity contribution in [3.8, 4) is 11.4 Å². The summed E-state index contributed by atoms with van der Waals surface area (Å²) in [5.41, 5.74) is 3.38. The molecule has 0 saturated carbocycles. The average Bonchev–Trinajstić information content (AvgIpc) is 3.26. The van der Waals surface area contributed by atoms with Crippen molar-refractivity contribution in [3.05, 3.63) is 78.1 Å². The predicted molar refractivity (Wildman–Crippen MR) is 124 cm³/mol. The van der Waals surface area contributed by atoms with Crippen LogP contribution >= 0.6 is 24.0 Å². The minimum Gasteiger partial charge on any atom is -0.496 e. The summed E-state index contributed by atoms with van der Waals surface area (Å²) in [4.78, 5) is 4.29. The van der Waals surface area contributed by atoms with Crippen LogP contribution in [0.1, 0.15) is 11.1 Å². The maximum atomic E-state index is 5.40. The molecule has 0 radical (unpaired) electrons. The van der Waals surface area contributed by atoms with Gasteiger partial charge in [-0.15, -0.1) is 24.0 Å². The molecular weight excluding hydrogens is 465 g/mol. The molecule has 28 heavy (non-hydrogen) atoms. The third-order valence-electron chi connectivity index (χ3n) is 4.24. The first-order chi connectivity index (χ1) is 13.3. The second kappa shape index (κ2) is 11.3. The van der Waals surface area contributed by atoms with Crippen molar-refractivity contribution >= 4 is 29.9 Å². The highest BCUT2D eigenvalue weighted by atomic mass is 127. The molecule has 2 aromatic carbocycles. The Hall–Kier alpha value is -2.55. The van der Waals surface area contributed by atoms with Crippen LogP contribution in [0.15, 0.2) is 72.0 Å². The van der Waals surface area contributed by atoms with Crippen LogP contribution in [0, 0.1) is 0 Å². The zero-order chi connectivity index (χ0) is 18.9. The fraction of sp³-hybridized carbons (Fsp3) is 0.238. The largest absolute Gasteiger partial charge is 0.496 e. The second-order valence-electron chi connectivity index (χ2n) is 6.03. The van der Waals surface area contributed by atoms with Gasteiger partial charge in [0, 0.05) is 32.5 Å². The predicted octanol–water partition coefficient (Wildman–Crippen LogP) is 3.41. The van der Waals surface area contributed by atoms with Gasteiger partial charge in [0.25, 0.3) is 0 Å². The van der Waals surface area contributed by atoms with E-state index < -0.39 is 0 Å². The first-order valence-corrected chi connectivity index (χ1v) is 8.95. The van der Waals surface area contributed by atoms with Gasteiger partial charge in [-0.25, -0.2) is 4.68 Å². The molecule has 3 rings (SSSR count). The van der Waals surface area contributed by atoms with Crippen LogP contribution in [0.2, 0.25) is 0 Å². The monoisotopic (exact) mass is 491 g/mol. The number of nitrogens with one attached hydrogen (secondary N) is 2. The molecule has 148 valence electrons. The molecule has 1 aromatic heterocycles. The van der Waals surface area contributed by atoms with E-state index in [2.05, 4.69) is 38.9 Å².